The zero-order valence-corrected chi connectivity index (χ0v) is 14.8. The first-order valence-electron chi connectivity index (χ1n) is 8.83. The molecule has 0 aliphatic carbocycles. The number of carbonyl (C=O) groups excluding carboxylic acids is 1. The lowest BCUT2D eigenvalue weighted by Gasteiger charge is -2.21. The number of nitrogens with one attached hydrogen (secondary N) is 1. The average molecular weight is 335 g/mol. The molecule has 0 aromatic heterocycles. The van der Waals surface area contributed by atoms with Gasteiger partial charge in [0.2, 0.25) is 0 Å². The van der Waals surface area contributed by atoms with Crippen molar-refractivity contribution >= 4 is 5.91 Å². The molecule has 1 aromatic carbocycles. The van der Waals surface area contributed by atoms with E-state index in [-0.39, 0.29) is 0 Å². The molecule has 0 bridgehead atoms. The highest BCUT2D eigenvalue weighted by Crippen LogP contribution is 2.08. The molecule has 1 aromatic rings. The van der Waals surface area contributed by atoms with Gasteiger partial charge in [0.25, 0.3) is 0 Å². The minimum atomic E-state index is -0.836. The number of benzene rings is 1. The molecule has 6 nitrogen and oxygen atoms in total. The predicted molar refractivity (Wildman–Crippen MR) is 95.5 cm³/mol. The van der Waals surface area contributed by atoms with Crippen molar-refractivity contribution in [3.63, 3.8) is 0 Å². The minimum Gasteiger partial charge on any atom is -0.303 e. The maximum atomic E-state index is 11.5. The van der Waals surface area contributed by atoms with Crippen molar-refractivity contribution < 1.29 is 9.83 Å². The van der Waals surface area contributed by atoms with E-state index in [2.05, 4.69) is 18.7 Å². The fraction of sp³-hybridized carbons (Fsp3) is 0.611. The number of unbranched alkanes of at least 4 members (excludes halogenated alkanes) is 2. The Morgan fingerprint density at radius 3 is 2.08 bits per heavy atom. The van der Waals surface area contributed by atoms with Gasteiger partial charge in [-0.2, -0.15) is 0 Å². The molecule has 1 N–H and O–H groups in total. The largest absolute Gasteiger partial charge is 0.310 e. The predicted octanol–water partition coefficient (Wildman–Crippen LogP) is 3.44. The fourth-order valence-corrected chi connectivity index (χ4v) is 2.58. The molecular weight excluding hydrogens is 306 g/mol. The maximum absolute atomic E-state index is 11.5. The summed E-state index contributed by atoms with van der Waals surface area (Å²) in [7, 11) is 0. The zero-order chi connectivity index (χ0) is 17.8. The summed E-state index contributed by atoms with van der Waals surface area (Å²) in [6.07, 6.45) is 6.94. The second-order valence-corrected chi connectivity index (χ2v) is 6.05. The van der Waals surface area contributed by atoms with E-state index in [4.69, 9.17) is 0 Å². The molecule has 0 atom stereocenters. The molecule has 0 unspecified atom stereocenters. The van der Waals surface area contributed by atoms with Crippen LogP contribution < -0.4 is 5.43 Å². The van der Waals surface area contributed by atoms with Crippen molar-refractivity contribution in [1.29, 1.82) is 0 Å². The van der Waals surface area contributed by atoms with E-state index < -0.39 is 10.9 Å². The first-order valence-corrected chi connectivity index (χ1v) is 8.83. The lowest BCUT2D eigenvalue weighted by atomic mass is 10.1. The van der Waals surface area contributed by atoms with Crippen LogP contribution in [0, 0.1) is 10.1 Å². The third-order valence-corrected chi connectivity index (χ3v) is 4.00. The molecule has 0 spiro atoms. The van der Waals surface area contributed by atoms with Crippen LogP contribution in [0.3, 0.4) is 0 Å². The molecule has 1 rings (SSSR count). The van der Waals surface area contributed by atoms with Crippen LogP contribution in [0.2, 0.25) is 0 Å². The Morgan fingerprint density at radius 1 is 1.04 bits per heavy atom. The van der Waals surface area contributed by atoms with Gasteiger partial charge >= 0.3 is 5.91 Å². The van der Waals surface area contributed by atoms with Gasteiger partial charge in [0.15, 0.2) is 5.03 Å². The number of hydrogen-bond donors (Lipinski definition) is 1. The van der Waals surface area contributed by atoms with Crippen molar-refractivity contribution in [1.82, 2.24) is 10.3 Å². The first-order chi connectivity index (χ1) is 11.6. The van der Waals surface area contributed by atoms with E-state index in [1.54, 1.807) is 17.6 Å². The van der Waals surface area contributed by atoms with Gasteiger partial charge in [-0.3, -0.25) is 4.79 Å². The van der Waals surface area contributed by atoms with Crippen LogP contribution in [0.25, 0.3) is 0 Å². The Bertz CT molecular complexity index is 495. The van der Waals surface area contributed by atoms with Crippen LogP contribution in [-0.4, -0.2) is 35.5 Å². The smallest absolute Gasteiger partial charge is 0.303 e. The van der Waals surface area contributed by atoms with E-state index >= 15 is 0 Å². The molecule has 24 heavy (non-hydrogen) atoms. The summed E-state index contributed by atoms with van der Waals surface area (Å²) < 4.78 is 0. The standard InChI is InChI=1S/C18H29N3O3/c1-3-5-13-20(14-6-4-2)15-7-8-16-9-11-17(12-10-16)18(22)19-21(23)24/h9-12H,3-8,13-15H2,1-2H3,(H,19,22). The Kier molecular flexibility index (Phi) is 9.68. The van der Waals surface area contributed by atoms with Crippen molar-refractivity contribution in [2.45, 2.75) is 52.4 Å². The molecule has 0 saturated carbocycles. The molecule has 1 amide bonds. The number of nitro groups is 1. The van der Waals surface area contributed by atoms with E-state index in [9.17, 15) is 14.9 Å². The summed E-state index contributed by atoms with van der Waals surface area (Å²) in [5.41, 5.74) is 3.11. The molecule has 0 saturated heterocycles. The summed E-state index contributed by atoms with van der Waals surface area (Å²) in [5, 5.41) is 9.44. The summed E-state index contributed by atoms with van der Waals surface area (Å²) >= 11 is 0. The van der Waals surface area contributed by atoms with Crippen LogP contribution in [0.5, 0.6) is 0 Å². The number of aryl methyl sites for hydroxylation is 1. The van der Waals surface area contributed by atoms with Crippen LogP contribution in [-0.2, 0) is 6.42 Å². The second kappa shape index (κ2) is 11.6. The molecule has 0 heterocycles. The van der Waals surface area contributed by atoms with Gasteiger partial charge in [-0.1, -0.05) is 44.2 Å². The number of amides is 1. The van der Waals surface area contributed by atoms with Crippen LogP contribution in [0.15, 0.2) is 24.3 Å². The lowest BCUT2D eigenvalue weighted by Crippen LogP contribution is -2.29. The van der Waals surface area contributed by atoms with Gasteiger partial charge < -0.3 is 4.90 Å². The Labute approximate surface area is 144 Å². The summed E-state index contributed by atoms with van der Waals surface area (Å²) in [6.45, 7) is 7.85. The maximum Gasteiger partial charge on any atom is 0.310 e. The third-order valence-electron chi connectivity index (χ3n) is 4.00. The summed E-state index contributed by atoms with van der Waals surface area (Å²) in [4.78, 5) is 24.3. The number of rotatable bonds is 12. The van der Waals surface area contributed by atoms with Crippen LogP contribution >= 0.6 is 0 Å². The molecule has 0 fully saturated rings. The molecular formula is C18H29N3O3. The average Bonchev–Trinajstić information content (AvgIpc) is 2.56. The van der Waals surface area contributed by atoms with E-state index in [1.165, 1.54) is 25.7 Å². The first kappa shape index (κ1) is 20.1. The Hall–Kier alpha value is -1.95. The highest BCUT2D eigenvalue weighted by Gasteiger charge is 2.10. The SMILES string of the molecule is CCCCN(CCCC)CCCc1ccc(C(=O)N[N+](=O)[O-])cc1. The van der Waals surface area contributed by atoms with Crippen molar-refractivity contribution in [3.8, 4) is 0 Å². The van der Waals surface area contributed by atoms with Gasteiger partial charge in [-0.15, -0.1) is 0 Å². The number of hydrazine groups is 1. The summed E-state index contributed by atoms with van der Waals surface area (Å²) in [5.74, 6) is -0.683. The normalized spacial score (nSPS) is 10.8. The highest BCUT2D eigenvalue weighted by atomic mass is 16.7. The zero-order valence-electron chi connectivity index (χ0n) is 14.8. The quantitative estimate of drug-likeness (QED) is 0.469. The third kappa shape index (κ3) is 8.06. The second-order valence-electron chi connectivity index (χ2n) is 6.05. The fourth-order valence-electron chi connectivity index (χ4n) is 2.58. The number of carbonyl (C=O) groups is 1. The van der Waals surface area contributed by atoms with Crippen molar-refractivity contribution in [2.24, 2.45) is 0 Å². The number of nitrogens with zero attached hydrogens (tertiary/aromatic N) is 2. The Morgan fingerprint density at radius 2 is 1.58 bits per heavy atom. The van der Waals surface area contributed by atoms with Gasteiger partial charge in [-0.25, -0.2) is 10.1 Å². The lowest BCUT2D eigenvalue weighted by molar-refractivity contribution is -0.527. The monoisotopic (exact) mass is 335 g/mol. The van der Waals surface area contributed by atoms with Gasteiger partial charge in [0.1, 0.15) is 0 Å². The molecule has 0 aliphatic heterocycles. The van der Waals surface area contributed by atoms with Crippen molar-refractivity contribution in [2.75, 3.05) is 19.6 Å². The summed E-state index contributed by atoms with van der Waals surface area (Å²) in [6, 6.07) is 7.02. The number of hydrogen-bond acceptors (Lipinski definition) is 4. The molecule has 134 valence electrons. The van der Waals surface area contributed by atoms with Crippen LogP contribution in [0.1, 0.15) is 61.9 Å². The molecule has 6 heteroatoms. The molecule has 0 aliphatic rings. The van der Waals surface area contributed by atoms with E-state index in [0.717, 1.165) is 38.0 Å². The highest BCUT2D eigenvalue weighted by molar-refractivity contribution is 5.93. The van der Waals surface area contributed by atoms with Gasteiger partial charge in [0, 0.05) is 5.56 Å². The Balaban J connectivity index is 2.42. The molecule has 0 radical (unpaired) electrons. The van der Waals surface area contributed by atoms with Crippen LogP contribution in [0.4, 0.5) is 0 Å². The topological polar surface area (TPSA) is 75.5 Å². The van der Waals surface area contributed by atoms with E-state index in [1.807, 2.05) is 12.1 Å². The van der Waals surface area contributed by atoms with Crippen molar-refractivity contribution in [3.05, 3.63) is 45.5 Å². The van der Waals surface area contributed by atoms with Gasteiger partial charge in [-0.05, 0) is 63.0 Å². The van der Waals surface area contributed by atoms with Gasteiger partial charge in [0.05, 0.1) is 0 Å². The van der Waals surface area contributed by atoms with E-state index in [0.29, 0.717) is 5.56 Å². The minimum absolute atomic E-state index is 0.308.